The Morgan fingerprint density at radius 3 is 3.00 bits per heavy atom. The molecule has 0 bridgehead atoms. The van der Waals surface area contributed by atoms with Crippen LogP contribution in [0.2, 0.25) is 5.15 Å². The van der Waals surface area contributed by atoms with E-state index in [-0.39, 0.29) is 0 Å². The Balaban J connectivity index is 1.98. The molecule has 0 aromatic carbocycles. The first-order valence-electron chi connectivity index (χ1n) is 6.02. The summed E-state index contributed by atoms with van der Waals surface area (Å²) in [6.07, 6.45) is 7.08. The van der Waals surface area contributed by atoms with Gasteiger partial charge in [0.2, 0.25) is 0 Å². The maximum Gasteiger partial charge on any atom is 0.137 e. The van der Waals surface area contributed by atoms with Gasteiger partial charge >= 0.3 is 0 Å². The Morgan fingerprint density at radius 1 is 1.39 bits per heavy atom. The molecule has 0 aliphatic rings. The van der Waals surface area contributed by atoms with Gasteiger partial charge in [0.05, 0.1) is 6.54 Å². The minimum atomic E-state index is 0.536. The van der Waals surface area contributed by atoms with E-state index in [1.54, 1.807) is 6.20 Å². The van der Waals surface area contributed by atoms with Gasteiger partial charge < -0.3 is 5.32 Å². The molecule has 2 rings (SSSR count). The number of rotatable bonds is 6. The number of hydrogen-bond donors (Lipinski definition) is 1. The second kappa shape index (κ2) is 6.35. The Labute approximate surface area is 111 Å². The lowest BCUT2D eigenvalue weighted by Crippen LogP contribution is -2.13. The first-order chi connectivity index (χ1) is 8.81. The molecule has 0 aliphatic carbocycles. The lowest BCUT2D eigenvalue weighted by molar-refractivity contribution is 0.636. The van der Waals surface area contributed by atoms with Crippen molar-refractivity contribution in [3.63, 3.8) is 0 Å². The lowest BCUT2D eigenvalue weighted by atomic mass is 10.2. The van der Waals surface area contributed by atoms with Crippen molar-refractivity contribution < 1.29 is 0 Å². The minimum Gasteiger partial charge on any atom is -0.368 e. The van der Waals surface area contributed by atoms with Gasteiger partial charge in [-0.1, -0.05) is 24.9 Å². The summed E-state index contributed by atoms with van der Waals surface area (Å²) in [5.41, 5.74) is 0.988. The lowest BCUT2D eigenvalue weighted by Gasteiger charge is -2.11. The van der Waals surface area contributed by atoms with Gasteiger partial charge in [0, 0.05) is 24.5 Å². The SMILES string of the molecule is CCCc1c(Cl)ncnc1NCCn1cccn1. The van der Waals surface area contributed by atoms with E-state index in [2.05, 4.69) is 27.3 Å². The van der Waals surface area contributed by atoms with Crippen molar-refractivity contribution >= 4 is 17.4 Å². The van der Waals surface area contributed by atoms with Crippen molar-refractivity contribution in [3.05, 3.63) is 35.5 Å². The summed E-state index contributed by atoms with van der Waals surface area (Å²) in [5.74, 6) is 0.823. The third-order valence-corrected chi connectivity index (χ3v) is 2.91. The van der Waals surface area contributed by atoms with Gasteiger partial charge in [-0.15, -0.1) is 0 Å². The Bertz CT molecular complexity index is 483. The third-order valence-electron chi connectivity index (χ3n) is 2.59. The van der Waals surface area contributed by atoms with Crippen LogP contribution in [0.15, 0.2) is 24.8 Å². The molecule has 0 saturated carbocycles. The smallest absolute Gasteiger partial charge is 0.137 e. The molecule has 1 N–H and O–H groups in total. The van der Waals surface area contributed by atoms with Crippen LogP contribution in [-0.2, 0) is 13.0 Å². The molecule has 0 aliphatic heterocycles. The van der Waals surface area contributed by atoms with Gasteiger partial charge in [0.25, 0.3) is 0 Å². The topological polar surface area (TPSA) is 55.6 Å². The molecular weight excluding hydrogens is 250 g/mol. The van der Waals surface area contributed by atoms with Crippen LogP contribution in [0.5, 0.6) is 0 Å². The normalized spacial score (nSPS) is 10.6. The number of aromatic nitrogens is 4. The zero-order valence-electron chi connectivity index (χ0n) is 10.3. The van der Waals surface area contributed by atoms with Gasteiger partial charge in [-0.3, -0.25) is 4.68 Å². The maximum absolute atomic E-state index is 6.08. The quantitative estimate of drug-likeness (QED) is 0.815. The summed E-state index contributed by atoms with van der Waals surface area (Å²) in [5, 5.41) is 7.96. The fourth-order valence-electron chi connectivity index (χ4n) is 1.74. The highest BCUT2D eigenvalue weighted by Crippen LogP contribution is 2.21. The molecule has 2 aromatic heterocycles. The summed E-state index contributed by atoms with van der Waals surface area (Å²) in [4.78, 5) is 8.25. The van der Waals surface area contributed by atoms with Gasteiger partial charge in [-0.25, -0.2) is 9.97 Å². The van der Waals surface area contributed by atoms with Crippen LogP contribution in [0.25, 0.3) is 0 Å². The molecule has 0 spiro atoms. The van der Waals surface area contributed by atoms with Gasteiger partial charge in [-0.05, 0) is 12.5 Å². The standard InChI is InChI=1S/C12H16ClN5/c1-2-4-10-11(13)15-9-16-12(10)14-6-8-18-7-3-5-17-18/h3,5,7,9H,2,4,6,8H2,1H3,(H,14,15,16). The van der Waals surface area contributed by atoms with Crippen molar-refractivity contribution in [3.8, 4) is 0 Å². The van der Waals surface area contributed by atoms with Crippen molar-refractivity contribution in [2.75, 3.05) is 11.9 Å². The zero-order valence-corrected chi connectivity index (χ0v) is 11.1. The van der Waals surface area contributed by atoms with E-state index < -0.39 is 0 Å². The van der Waals surface area contributed by atoms with E-state index in [9.17, 15) is 0 Å². The van der Waals surface area contributed by atoms with Gasteiger partial charge in [0.1, 0.15) is 17.3 Å². The summed E-state index contributed by atoms with van der Waals surface area (Å²) in [7, 11) is 0. The monoisotopic (exact) mass is 265 g/mol. The molecule has 0 fully saturated rings. The highest BCUT2D eigenvalue weighted by molar-refractivity contribution is 6.30. The predicted octanol–water partition coefficient (Wildman–Crippen LogP) is 2.39. The molecular formula is C12H16ClN5. The number of halogens is 1. The van der Waals surface area contributed by atoms with Crippen molar-refractivity contribution in [2.24, 2.45) is 0 Å². The van der Waals surface area contributed by atoms with E-state index in [1.165, 1.54) is 6.33 Å². The van der Waals surface area contributed by atoms with E-state index in [0.717, 1.165) is 37.3 Å². The molecule has 96 valence electrons. The highest BCUT2D eigenvalue weighted by Gasteiger charge is 2.08. The molecule has 0 unspecified atom stereocenters. The average Bonchev–Trinajstić information content (AvgIpc) is 2.86. The molecule has 0 amide bonds. The van der Waals surface area contributed by atoms with Crippen LogP contribution in [-0.4, -0.2) is 26.3 Å². The van der Waals surface area contributed by atoms with Crippen molar-refractivity contribution in [1.82, 2.24) is 19.7 Å². The van der Waals surface area contributed by atoms with Crippen molar-refractivity contribution in [1.29, 1.82) is 0 Å². The average molecular weight is 266 g/mol. The van der Waals surface area contributed by atoms with Crippen LogP contribution in [0.4, 0.5) is 5.82 Å². The molecule has 0 saturated heterocycles. The molecule has 5 nitrogen and oxygen atoms in total. The Hall–Kier alpha value is -1.62. The van der Waals surface area contributed by atoms with E-state index in [4.69, 9.17) is 11.6 Å². The molecule has 2 aromatic rings. The Kier molecular flexibility index (Phi) is 4.52. The fraction of sp³-hybridized carbons (Fsp3) is 0.417. The third kappa shape index (κ3) is 3.20. The second-order valence-corrected chi connectivity index (χ2v) is 4.30. The van der Waals surface area contributed by atoms with E-state index in [0.29, 0.717) is 5.15 Å². The zero-order chi connectivity index (χ0) is 12.8. The van der Waals surface area contributed by atoms with Crippen LogP contribution < -0.4 is 5.32 Å². The molecule has 18 heavy (non-hydrogen) atoms. The molecule has 2 heterocycles. The van der Waals surface area contributed by atoms with Crippen LogP contribution in [0.1, 0.15) is 18.9 Å². The van der Waals surface area contributed by atoms with E-state index in [1.807, 2.05) is 16.9 Å². The van der Waals surface area contributed by atoms with E-state index >= 15 is 0 Å². The second-order valence-electron chi connectivity index (χ2n) is 3.94. The number of hydrogen-bond acceptors (Lipinski definition) is 4. The highest BCUT2D eigenvalue weighted by atomic mass is 35.5. The predicted molar refractivity (Wildman–Crippen MR) is 71.8 cm³/mol. The molecule has 0 radical (unpaired) electrons. The first-order valence-corrected chi connectivity index (χ1v) is 6.39. The van der Waals surface area contributed by atoms with Crippen LogP contribution >= 0.6 is 11.6 Å². The fourth-order valence-corrected chi connectivity index (χ4v) is 1.96. The van der Waals surface area contributed by atoms with Crippen LogP contribution in [0, 0.1) is 0 Å². The van der Waals surface area contributed by atoms with Gasteiger partial charge in [0.15, 0.2) is 0 Å². The summed E-state index contributed by atoms with van der Waals surface area (Å²) < 4.78 is 1.87. The first kappa shape index (κ1) is 12.8. The molecule has 6 heteroatoms. The summed E-state index contributed by atoms with van der Waals surface area (Å²) >= 11 is 6.08. The van der Waals surface area contributed by atoms with Gasteiger partial charge in [-0.2, -0.15) is 5.10 Å². The number of anilines is 1. The van der Waals surface area contributed by atoms with Crippen molar-refractivity contribution in [2.45, 2.75) is 26.3 Å². The minimum absolute atomic E-state index is 0.536. The number of nitrogens with one attached hydrogen (secondary N) is 1. The molecule has 0 atom stereocenters. The van der Waals surface area contributed by atoms with Crippen LogP contribution in [0.3, 0.4) is 0 Å². The summed E-state index contributed by atoms with van der Waals surface area (Å²) in [6.45, 7) is 3.66. The number of nitrogens with zero attached hydrogens (tertiary/aromatic N) is 4. The summed E-state index contributed by atoms with van der Waals surface area (Å²) in [6, 6.07) is 1.91. The largest absolute Gasteiger partial charge is 0.368 e. The maximum atomic E-state index is 6.08. The Morgan fingerprint density at radius 2 is 2.28 bits per heavy atom.